The van der Waals surface area contributed by atoms with Crippen LogP contribution in [0.1, 0.15) is 67.6 Å². The number of aromatic nitrogens is 4. The third-order valence-corrected chi connectivity index (χ3v) is 6.70. The number of hydrogen-bond donors (Lipinski definition) is 2. The zero-order valence-electron chi connectivity index (χ0n) is 20.8. The number of halogens is 2. The summed E-state index contributed by atoms with van der Waals surface area (Å²) in [4.78, 5) is 25.6. The monoisotopic (exact) mass is 513 g/mol. The van der Waals surface area contributed by atoms with Crippen molar-refractivity contribution < 1.29 is 14.2 Å². The lowest BCUT2D eigenvalue weighted by Gasteiger charge is -2.33. The van der Waals surface area contributed by atoms with Gasteiger partial charge in [-0.1, -0.05) is 17.7 Å². The van der Waals surface area contributed by atoms with Crippen molar-refractivity contribution >= 4 is 11.6 Å². The van der Waals surface area contributed by atoms with Gasteiger partial charge in [0.15, 0.2) is 5.82 Å². The zero-order chi connectivity index (χ0) is 26.2. The highest BCUT2D eigenvalue weighted by Gasteiger charge is 2.30. The van der Waals surface area contributed by atoms with Gasteiger partial charge in [0.25, 0.3) is 5.56 Å². The number of hydrogen-bond acceptors (Lipinski definition) is 7. The molecule has 4 rings (SSSR count). The van der Waals surface area contributed by atoms with Crippen LogP contribution in [0.15, 0.2) is 47.3 Å². The van der Waals surface area contributed by atoms with E-state index < -0.39 is 17.0 Å². The fraction of sp³-hybridized carbons (Fsp3) is 0.385. The van der Waals surface area contributed by atoms with Gasteiger partial charge in [0.2, 0.25) is 0 Å². The smallest absolute Gasteiger partial charge is 0.273 e. The molecule has 8 nitrogen and oxygen atoms in total. The molecule has 4 heterocycles. The molecule has 1 aliphatic rings. The summed E-state index contributed by atoms with van der Waals surface area (Å²) in [7, 11) is 0. The van der Waals surface area contributed by atoms with Crippen molar-refractivity contribution in [1.29, 1.82) is 0 Å². The van der Waals surface area contributed by atoms with Gasteiger partial charge in [-0.05, 0) is 64.4 Å². The van der Waals surface area contributed by atoms with Crippen LogP contribution < -0.4 is 15.6 Å². The fourth-order valence-electron chi connectivity index (χ4n) is 4.32. The Kier molecular flexibility index (Phi) is 7.15. The van der Waals surface area contributed by atoms with E-state index in [2.05, 4.69) is 15.3 Å². The number of rotatable bonds is 6. The Hall–Kier alpha value is -3.30. The van der Waals surface area contributed by atoms with Crippen LogP contribution in [-0.2, 0) is 12.2 Å². The zero-order valence-corrected chi connectivity index (χ0v) is 21.6. The van der Waals surface area contributed by atoms with Crippen molar-refractivity contribution in [2.45, 2.75) is 65.3 Å². The number of aliphatic hydroxyl groups is 1. The van der Waals surface area contributed by atoms with E-state index in [1.807, 2.05) is 32.2 Å². The van der Waals surface area contributed by atoms with E-state index in [0.29, 0.717) is 17.8 Å². The van der Waals surface area contributed by atoms with Crippen molar-refractivity contribution in [3.05, 3.63) is 92.0 Å². The summed E-state index contributed by atoms with van der Waals surface area (Å²) in [5, 5.41) is 13.7. The fourth-order valence-corrected chi connectivity index (χ4v) is 4.52. The molecule has 190 valence electrons. The van der Waals surface area contributed by atoms with E-state index in [0.717, 1.165) is 23.0 Å². The Morgan fingerprint density at radius 1 is 1.31 bits per heavy atom. The molecule has 0 fully saturated rings. The molecule has 0 unspecified atom stereocenters. The minimum atomic E-state index is -1.08. The standard InChI is InChI=1S/C26H29ClFN5O3/c1-14-6-7-22(26(4,5)35)32-24(14)18-9-20(15(2)10-30-18)33-16(3)8-21(23(27)25(33)34)36-12-19-17(28)11-29-13-31-19/h6-8,10-11,13,18,20,30,35H,9,12H2,1-5H3/t18-,20-/m1/s1. The average Bonchev–Trinajstić information content (AvgIpc) is 2.82. The molecule has 1 aliphatic heterocycles. The van der Waals surface area contributed by atoms with Crippen molar-refractivity contribution in [1.82, 2.24) is 24.8 Å². The number of allylic oxidation sites excluding steroid dienone is 1. The predicted molar refractivity (Wildman–Crippen MR) is 134 cm³/mol. The second-order valence-corrected chi connectivity index (χ2v) is 9.94. The molecule has 2 N–H and O–H groups in total. The molecule has 36 heavy (non-hydrogen) atoms. The number of ether oxygens (including phenoxy) is 1. The molecule has 2 atom stereocenters. The molecule has 0 aliphatic carbocycles. The van der Waals surface area contributed by atoms with E-state index in [-0.39, 0.29) is 35.2 Å². The number of nitrogens with one attached hydrogen (secondary N) is 1. The first kappa shape index (κ1) is 25.8. The summed E-state index contributed by atoms with van der Waals surface area (Å²) >= 11 is 6.43. The molecule has 0 bridgehead atoms. The lowest BCUT2D eigenvalue weighted by Crippen LogP contribution is -2.35. The summed E-state index contributed by atoms with van der Waals surface area (Å²) < 4.78 is 21.2. The summed E-state index contributed by atoms with van der Waals surface area (Å²) in [6.45, 7) is 8.93. The second-order valence-electron chi connectivity index (χ2n) is 9.56. The van der Waals surface area contributed by atoms with Crippen molar-refractivity contribution in [3.8, 4) is 5.75 Å². The van der Waals surface area contributed by atoms with E-state index in [1.165, 1.54) is 6.33 Å². The van der Waals surface area contributed by atoms with Gasteiger partial charge in [0.05, 0.1) is 29.7 Å². The Labute approximate surface area is 213 Å². The molecule has 3 aromatic rings. The maximum Gasteiger partial charge on any atom is 0.273 e. The molecule has 3 aromatic heterocycles. The van der Waals surface area contributed by atoms with Gasteiger partial charge in [0.1, 0.15) is 35.0 Å². The molecule has 0 saturated carbocycles. The maximum absolute atomic E-state index is 13.9. The number of aryl methyl sites for hydroxylation is 2. The highest BCUT2D eigenvalue weighted by molar-refractivity contribution is 6.31. The third kappa shape index (κ3) is 5.12. The highest BCUT2D eigenvalue weighted by Crippen LogP contribution is 2.36. The molecule has 0 radical (unpaired) electrons. The third-order valence-electron chi connectivity index (χ3n) is 6.35. The normalized spacial score (nSPS) is 17.9. The molecule has 0 spiro atoms. The van der Waals surface area contributed by atoms with E-state index in [9.17, 15) is 14.3 Å². The maximum atomic E-state index is 13.9. The number of nitrogens with zero attached hydrogens (tertiary/aromatic N) is 4. The Bertz CT molecular complexity index is 1380. The van der Waals surface area contributed by atoms with Crippen molar-refractivity contribution in [3.63, 3.8) is 0 Å². The molecule has 0 saturated heterocycles. The molecule has 0 amide bonds. The summed E-state index contributed by atoms with van der Waals surface area (Å²) in [6, 6.07) is 4.98. The van der Waals surface area contributed by atoms with Gasteiger partial charge in [-0.15, -0.1) is 0 Å². The van der Waals surface area contributed by atoms with Crippen LogP contribution in [0.25, 0.3) is 0 Å². The quantitative estimate of drug-likeness (QED) is 0.502. The Morgan fingerprint density at radius 3 is 2.75 bits per heavy atom. The van der Waals surface area contributed by atoms with Gasteiger partial charge in [-0.25, -0.2) is 14.4 Å². The first-order valence-corrected chi connectivity index (χ1v) is 12.0. The van der Waals surface area contributed by atoms with Crippen LogP contribution in [0.4, 0.5) is 4.39 Å². The van der Waals surface area contributed by atoms with Gasteiger partial charge in [-0.3, -0.25) is 9.78 Å². The van der Waals surface area contributed by atoms with Crippen LogP contribution in [0.5, 0.6) is 5.75 Å². The van der Waals surface area contributed by atoms with Crippen LogP contribution in [0.3, 0.4) is 0 Å². The van der Waals surface area contributed by atoms with Crippen molar-refractivity contribution in [2.24, 2.45) is 0 Å². The van der Waals surface area contributed by atoms with E-state index >= 15 is 0 Å². The Morgan fingerprint density at radius 2 is 2.06 bits per heavy atom. The first-order chi connectivity index (χ1) is 17.0. The summed E-state index contributed by atoms with van der Waals surface area (Å²) in [5.74, 6) is -0.436. The number of pyridine rings is 2. The van der Waals surface area contributed by atoms with E-state index in [1.54, 1.807) is 31.4 Å². The van der Waals surface area contributed by atoms with E-state index in [4.69, 9.17) is 21.3 Å². The van der Waals surface area contributed by atoms with Gasteiger partial charge < -0.3 is 19.7 Å². The van der Waals surface area contributed by atoms with Crippen LogP contribution in [0, 0.1) is 19.7 Å². The van der Waals surface area contributed by atoms with Crippen LogP contribution in [-0.4, -0.2) is 24.6 Å². The summed E-state index contributed by atoms with van der Waals surface area (Å²) in [6.07, 6.45) is 4.71. The topological polar surface area (TPSA) is 102 Å². The molecular formula is C26H29ClFN5O3. The minimum absolute atomic E-state index is 0.0685. The SMILES string of the molecule is CC1=CN[C@@H](c2nc(C(C)(C)O)ccc2C)C[C@H]1n1c(C)cc(OCc2ncncc2F)c(Cl)c1=O. The van der Waals surface area contributed by atoms with Gasteiger partial charge >= 0.3 is 0 Å². The summed E-state index contributed by atoms with van der Waals surface area (Å²) in [5.41, 5.74) is 2.57. The largest absolute Gasteiger partial charge is 0.485 e. The molecule has 10 heteroatoms. The lowest BCUT2D eigenvalue weighted by molar-refractivity contribution is 0.0734. The molecule has 0 aromatic carbocycles. The first-order valence-electron chi connectivity index (χ1n) is 11.6. The van der Waals surface area contributed by atoms with Gasteiger partial charge in [0, 0.05) is 11.8 Å². The van der Waals surface area contributed by atoms with Crippen LogP contribution in [0.2, 0.25) is 5.02 Å². The minimum Gasteiger partial charge on any atom is -0.485 e. The van der Waals surface area contributed by atoms with Crippen LogP contribution >= 0.6 is 11.6 Å². The Balaban J connectivity index is 1.65. The van der Waals surface area contributed by atoms with Gasteiger partial charge in [-0.2, -0.15) is 0 Å². The average molecular weight is 514 g/mol. The lowest BCUT2D eigenvalue weighted by atomic mass is 9.92. The predicted octanol–water partition coefficient (Wildman–Crippen LogP) is 4.43. The second kappa shape index (κ2) is 9.99. The highest BCUT2D eigenvalue weighted by atomic mass is 35.5. The van der Waals surface area contributed by atoms with Crippen molar-refractivity contribution in [2.75, 3.05) is 0 Å². The molecular weight excluding hydrogens is 485 g/mol.